The summed E-state index contributed by atoms with van der Waals surface area (Å²) in [6, 6.07) is 9.75. The molecule has 0 radical (unpaired) electrons. The molecule has 1 N–H and O–H groups in total. The van der Waals surface area contributed by atoms with E-state index in [0.29, 0.717) is 18.5 Å². The fourth-order valence-corrected chi connectivity index (χ4v) is 2.58. The zero-order valence-corrected chi connectivity index (χ0v) is 14.1. The molecular formula is C18H15FN4O4. The highest BCUT2D eigenvalue weighted by Crippen LogP contribution is 2.16. The Morgan fingerprint density at radius 1 is 1.22 bits per heavy atom. The molecule has 1 heterocycles. The first-order chi connectivity index (χ1) is 12.9. The molecule has 3 rings (SSSR count). The summed E-state index contributed by atoms with van der Waals surface area (Å²) in [4.78, 5) is 38.8. The number of hydrogen-bond donors (Lipinski definition) is 1. The maximum atomic E-state index is 12.9. The van der Waals surface area contributed by atoms with Crippen molar-refractivity contribution in [3.8, 4) is 0 Å². The molecule has 2 aromatic carbocycles. The molecule has 27 heavy (non-hydrogen) atoms. The SMILES string of the molecule is O=C(Cn1cnc2ccc([N+](=O)[O-])cc2c1=O)NCCc1ccc(F)cc1. The van der Waals surface area contributed by atoms with Gasteiger partial charge in [-0.3, -0.25) is 24.3 Å². The first-order valence-corrected chi connectivity index (χ1v) is 8.09. The summed E-state index contributed by atoms with van der Waals surface area (Å²) in [5.74, 6) is -0.725. The van der Waals surface area contributed by atoms with Gasteiger partial charge in [0.25, 0.3) is 11.2 Å². The van der Waals surface area contributed by atoms with Crippen molar-refractivity contribution in [3.05, 3.63) is 80.6 Å². The number of fused-ring (bicyclic) bond motifs is 1. The highest BCUT2D eigenvalue weighted by Gasteiger charge is 2.12. The van der Waals surface area contributed by atoms with Crippen LogP contribution in [0.3, 0.4) is 0 Å². The number of nitro benzene ring substituents is 1. The molecule has 0 bridgehead atoms. The van der Waals surface area contributed by atoms with E-state index < -0.39 is 16.4 Å². The van der Waals surface area contributed by atoms with E-state index in [2.05, 4.69) is 10.3 Å². The Kier molecular flexibility index (Phi) is 5.20. The number of halogens is 1. The second-order valence-electron chi connectivity index (χ2n) is 5.86. The number of carbonyl (C=O) groups is 1. The monoisotopic (exact) mass is 370 g/mol. The van der Waals surface area contributed by atoms with Gasteiger partial charge in [0.2, 0.25) is 5.91 Å². The lowest BCUT2D eigenvalue weighted by Crippen LogP contribution is -2.33. The lowest BCUT2D eigenvalue weighted by atomic mass is 10.1. The van der Waals surface area contributed by atoms with Crippen LogP contribution in [0, 0.1) is 15.9 Å². The Bertz CT molecular complexity index is 1060. The Hall–Kier alpha value is -3.62. The molecule has 3 aromatic rings. The molecule has 0 unspecified atom stereocenters. The molecule has 1 amide bonds. The van der Waals surface area contributed by atoms with Crippen LogP contribution >= 0.6 is 0 Å². The first-order valence-electron chi connectivity index (χ1n) is 8.09. The molecule has 1 aromatic heterocycles. The number of nitro groups is 1. The highest BCUT2D eigenvalue weighted by molar-refractivity contribution is 5.80. The van der Waals surface area contributed by atoms with Crippen molar-refractivity contribution in [2.24, 2.45) is 0 Å². The summed E-state index contributed by atoms with van der Waals surface area (Å²) in [7, 11) is 0. The van der Waals surface area contributed by atoms with E-state index >= 15 is 0 Å². The second kappa shape index (κ2) is 7.73. The average molecular weight is 370 g/mol. The van der Waals surface area contributed by atoms with Crippen LogP contribution < -0.4 is 10.9 Å². The number of nitrogens with zero attached hydrogens (tertiary/aromatic N) is 3. The number of rotatable bonds is 6. The van der Waals surface area contributed by atoms with Crippen molar-refractivity contribution in [1.29, 1.82) is 0 Å². The maximum Gasteiger partial charge on any atom is 0.270 e. The lowest BCUT2D eigenvalue weighted by Gasteiger charge is -2.08. The van der Waals surface area contributed by atoms with Crippen molar-refractivity contribution >= 4 is 22.5 Å². The van der Waals surface area contributed by atoms with Gasteiger partial charge in [-0.1, -0.05) is 12.1 Å². The number of benzene rings is 2. The molecule has 0 aliphatic rings. The van der Waals surface area contributed by atoms with Crippen LogP contribution in [-0.2, 0) is 17.8 Å². The van der Waals surface area contributed by atoms with Gasteiger partial charge in [0.05, 0.1) is 22.2 Å². The molecule has 138 valence electrons. The van der Waals surface area contributed by atoms with Gasteiger partial charge in [-0.15, -0.1) is 0 Å². The first kappa shape index (κ1) is 18.2. The van der Waals surface area contributed by atoms with Crippen LogP contribution in [0.15, 0.2) is 53.6 Å². The van der Waals surface area contributed by atoms with Gasteiger partial charge in [0.15, 0.2) is 0 Å². The van der Waals surface area contributed by atoms with Crippen LogP contribution in [-0.4, -0.2) is 26.9 Å². The number of amides is 1. The predicted molar refractivity (Wildman–Crippen MR) is 95.8 cm³/mol. The highest BCUT2D eigenvalue weighted by atomic mass is 19.1. The summed E-state index contributed by atoms with van der Waals surface area (Å²) >= 11 is 0. The third kappa shape index (κ3) is 4.32. The van der Waals surface area contributed by atoms with Crippen LogP contribution in [0.25, 0.3) is 10.9 Å². The number of non-ortho nitro benzene ring substituents is 1. The van der Waals surface area contributed by atoms with Crippen LogP contribution in [0.1, 0.15) is 5.56 Å². The summed E-state index contributed by atoms with van der Waals surface area (Å²) in [5.41, 5.74) is 0.437. The van der Waals surface area contributed by atoms with Gasteiger partial charge in [0, 0.05) is 18.7 Å². The standard InChI is InChI=1S/C18H15FN4O4/c19-13-3-1-12(2-4-13)7-8-20-17(24)10-22-11-21-16-6-5-14(23(26)27)9-15(16)18(22)25/h1-6,9,11H,7-8,10H2,(H,20,24). The molecule has 0 aliphatic heterocycles. The molecule has 0 saturated heterocycles. The van der Waals surface area contributed by atoms with Crippen molar-refractivity contribution in [1.82, 2.24) is 14.9 Å². The largest absolute Gasteiger partial charge is 0.354 e. The van der Waals surface area contributed by atoms with Crippen LogP contribution in [0.5, 0.6) is 0 Å². The van der Waals surface area contributed by atoms with Crippen LogP contribution in [0.4, 0.5) is 10.1 Å². The fourth-order valence-electron chi connectivity index (χ4n) is 2.58. The van der Waals surface area contributed by atoms with E-state index in [1.165, 1.54) is 30.6 Å². The van der Waals surface area contributed by atoms with Gasteiger partial charge in [-0.05, 0) is 30.2 Å². The zero-order valence-electron chi connectivity index (χ0n) is 14.1. The van der Waals surface area contributed by atoms with Gasteiger partial charge in [0.1, 0.15) is 12.4 Å². The van der Waals surface area contributed by atoms with E-state index in [9.17, 15) is 24.1 Å². The fraction of sp³-hybridized carbons (Fsp3) is 0.167. The predicted octanol–water partition coefficient (Wildman–Crippen LogP) is 1.80. The summed E-state index contributed by atoms with van der Waals surface area (Å²) < 4.78 is 13.9. The normalized spacial score (nSPS) is 10.7. The van der Waals surface area contributed by atoms with E-state index in [1.54, 1.807) is 12.1 Å². The smallest absolute Gasteiger partial charge is 0.270 e. The number of aromatic nitrogens is 2. The second-order valence-corrected chi connectivity index (χ2v) is 5.86. The van der Waals surface area contributed by atoms with E-state index in [1.807, 2.05) is 0 Å². The number of nitrogens with one attached hydrogen (secondary N) is 1. The number of hydrogen-bond acceptors (Lipinski definition) is 5. The molecule has 9 heteroatoms. The Balaban J connectivity index is 1.67. The zero-order chi connectivity index (χ0) is 19.4. The molecule has 0 atom stereocenters. The molecule has 0 spiro atoms. The minimum atomic E-state index is -0.599. The minimum absolute atomic E-state index is 0.0748. The number of carbonyl (C=O) groups excluding carboxylic acids is 1. The Labute approximate surface area is 152 Å². The van der Waals surface area contributed by atoms with E-state index in [4.69, 9.17) is 0 Å². The third-order valence-corrected chi connectivity index (χ3v) is 3.98. The molecule has 0 fully saturated rings. The van der Waals surface area contributed by atoms with Gasteiger partial charge >= 0.3 is 0 Å². The van der Waals surface area contributed by atoms with Gasteiger partial charge in [-0.2, -0.15) is 0 Å². The maximum absolute atomic E-state index is 12.9. The van der Waals surface area contributed by atoms with E-state index in [0.717, 1.165) is 16.2 Å². The van der Waals surface area contributed by atoms with Crippen molar-refractivity contribution in [2.75, 3.05) is 6.54 Å². The van der Waals surface area contributed by atoms with E-state index in [-0.39, 0.29) is 23.4 Å². The Morgan fingerprint density at radius 3 is 2.67 bits per heavy atom. The minimum Gasteiger partial charge on any atom is -0.354 e. The molecule has 0 aliphatic carbocycles. The van der Waals surface area contributed by atoms with Gasteiger partial charge < -0.3 is 5.32 Å². The summed E-state index contributed by atoms with van der Waals surface area (Å²) in [5, 5.41) is 13.6. The van der Waals surface area contributed by atoms with Crippen molar-refractivity contribution in [2.45, 2.75) is 13.0 Å². The van der Waals surface area contributed by atoms with Crippen molar-refractivity contribution in [3.63, 3.8) is 0 Å². The third-order valence-electron chi connectivity index (χ3n) is 3.98. The summed E-state index contributed by atoms with van der Waals surface area (Å²) in [6.07, 6.45) is 1.75. The quantitative estimate of drug-likeness (QED) is 0.526. The lowest BCUT2D eigenvalue weighted by molar-refractivity contribution is -0.384. The van der Waals surface area contributed by atoms with Crippen LogP contribution in [0.2, 0.25) is 0 Å². The topological polar surface area (TPSA) is 107 Å². The van der Waals surface area contributed by atoms with Gasteiger partial charge in [-0.25, -0.2) is 9.37 Å². The summed E-state index contributed by atoms with van der Waals surface area (Å²) in [6.45, 7) is 0.0690. The molecule has 0 saturated carbocycles. The Morgan fingerprint density at radius 2 is 1.96 bits per heavy atom. The molecular weight excluding hydrogens is 355 g/mol. The average Bonchev–Trinajstić information content (AvgIpc) is 2.65. The molecule has 8 nitrogen and oxygen atoms in total. The van der Waals surface area contributed by atoms with Crippen molar-refractivity contribution < 1.29 is 14.1 Å².